The van der Waals surface area contributed by atoms with E-state index in [2.05, 4.69) is 10.0 Å². The summed E-state index contributed by atoms with van der Waals surface area (Å²) in [5.41, 5.74) is 2.13. The number of sulfonamides is 1. The Kier molecular flexibility index (Phi) is 10.9. The van der Waals surface area contributed by atoms with Crippen LogP contribution in [0.1, 0.15) is 21.5 Å². The van der Waals surface area contributed by atoms with Crippen LogP contribution in [0.25, 0.3) is 0 Å². The van der Waals surface area contributed by atoms with Gasteiger partial charge in [0.2, 0.25) is 10.0 Å². The number of rotatable bonds is 14. The van der Waals surface area contributed by atoms with Gasteiger partial charge in [0.1, 0.15) is 29.0 Å². The number of carbonyl (C=O) groups is 2. The Bertz CT molecular complexity index is 1600. The molecule has 0 bridgehead atoms. The number of amides is 1. The summed E-state index contributed by atoms with van der Waals surface area (Å²) in [7, 11) is -1.49. The molecule has 10 heteroatoms. The number of carbonyl (C=O) groups excluding carboxylic acids is 2. The van der Waals surface area contributed by atoms with E-state index in [4.69, 9.17) is 14.2 Å². The average Bonchev–Trinajstić information content (AvgIpc) is 3.04. The molecule has 224 valence electrons. The monoisotopic (exact) mass is 602 g/mol. The van der Waals surface area contributed by atoms with E-state index in [1.165, 1.54) is 26.4 Å². The Morgan fingerprint density at radius 3 is 1.91 bits per heavy atom. The molecule has 4 aromatic carbocycles. The zero-order valence-electron chi connectivity index (χ0n) is 23.9. The summed E-state index contributed by atoms with van der Waals surface area (Å²) < 4.78 is 45.8. The second-order valence-corrected chi connectivity index (χ2v) is 11.4. The smallest absolute Gasteiger partial charge is 0.324 e. The van der Waals surface area contributed by atoms with E-state index in [-0.39, 0.29) is 29.6 Å². The minimum atomic E-state index is -4.27. The number of ether oxygens (including phenoxy) is 3. The van der Waals surface area contributed by atoms with E-state index in [1.54, 1.807) is 54.6 Å². The Morgan fingerprint density at radius 1 is 0.744 bits per heavy atom. The predicted molar refractivity (Wildman–Crippen MR) is 163 cm³/mol. The highest BCUT2D eigenvalue weighted by atomic mass is 32.2. The number of methoxy groups -OCH3 is 2. The fourth-order valence-corrected chi connectivity index (χ4v) is 5.83. The molecular weight excluding hydrogens is 568 g/mol. The fraction of sp³-hybridized carbons (Fsp3) is 0.212. The van der Waals surface area contributed by atoms with Crippen molar-refractivity contribution in [3.05, 3.63) is 126 Å². The minimum absolute atomic E-state index is 0.0327. The van der Waals surface area contributed by atoms with E-state index in [0.717, 1.165) is 11.1 Å². The molecule has 0 aliphatic rings. The summed E-state index contributed by atoms with van der Waals surface area (Å²) in [6.07, 6.45) is 0.424. The van der Waals surface area contributed by atoms with Gasteiger partial charge in [-0.2, -0.15) is 4.72 Å². The van der Waals surface area contributed by atoms with E-state index in [9.17, 15) is 18.0 Å². The normalized spacial score (nSPS) is 12.5. The van der Waals surface area contributed by atoms with Crippen molar-refractivity contribution in [1.82, 2.24) is 10.0 Å². The van der Waals surface area contributed by atoms with Gasteiger partial charge in [0.25, 0.3) is 5.91 Å². The second kappa shape index (κ2) is 15.0. The number of hydrogen-bond donors (Lipinski definition) is 2. The average molecular weight is 603 g/mol. The number of benzene rings is 4. The summed E-state index contributed by atoms with van der Waals surface area (Å²) in [5, 5.41) is 2.94. The van der Waals surface area contributed by atoms with Crippen molar-refractivity contribution in [2.45, 2.75) is 29.8 Å². The Hall–Kier alpha value is -4.67. The predicted octanol–water partition coefficient (Wildman–Crippen LogP) is 4.18. The molecule has 2 atom stereocenters. The van der Waals surface area contributed by atoms with Crippen LogP contribution in [0.4, 0.5) is 0 Å². The van der Waals surface area contributed by atoms with Gasteiger partial charge in [-0.3, -0.25) is 9.59 Å². The third kappa shape index (κ3) is 8.91. The molecular formula is C33H34N2O7S. The third-order valence-corrected chi connectivity index (χ3v) is 8.14. The summed E-state index contributed by atoms with van der Waals surface area (Å²) in [6, 6.07) is 29.7. The summed E-state index contributed by atoms with van der Waals surface area (Å²) in [5.74, 6) is -0.710. The van der Waals surface area contributed by atoms with Gasteiger partial charge in [-0.1, -0.05) is 78.9 Å². The number of esters is 1. The van der Waals surface area contributed by atoms with Crippen LogP contribution >= 0.6 is 0 Å². The summed E-state index contributed by atoms with van der Waals surface area (Å²) in [6.45, 7) is -0.179. The Labute approximate surface area is 251 Å². The van der Waals surface area contributed by atoms with Crippen molar-refractivity contribution in [3.8, 4) is 11.5 Å². The highest BCUT2D eigenvalue weighted by molar-refractivity contribution is 7.89. The molecule has 2 N–H and O–H groups in total. The number of nitrogens with one attached hydrogen (secondary N) is 2. The van der Waals surface area contributed by atoms with Crippen LogP contribution < -0.4 is 19.5 Å². The van der Waals surface area contributed by atoms with Gasteiger partial charge in [0, 0.05) is 11.6 Å². The minimum Gasteiger partial charge on any atom is -0.497 e. The van der Waals surface area contributed by atoms with Crippen molar-refractivity contribution in [2.24, 2.45) is 0 Å². The Morgan fingerprint density at radius 2 is 1.33 bits per heavy atom. The molecule has 43 heavy (non-hydrogen) atoms. The summed E-state index contributed by atoms with van der Waals surface area (Å²) in [4.78, 5) is 26.3. The van der Waals surface area contributed by atoms with Crippen molar-refractivity contribution in [1.29, 1.82) is 0 Å². The van der Waals surface area contributed by atoms with Crippen LogP contribution in [-0.4, -0.2) is 53.2 Å². The molecule has 0 aliphatic carbocycles. The standard InChI is InChI=1S/C33H34N2O7S/c1-40-28-18-19-30(41-2)31(22-28)43(38,39)35-29(21-25-14-8-4-9-15-25)33(37)42-23-27(20-24-12-6-3-7-13-24)34-32(36)26-16-10-5-11-17-26/h3-19,22,27,29,35H,20-21,23H2,1-2H3,(H,34,36)/t27-,29+/m1/s1. The third-order valence-electron chi connectivity index (χ3n) is 6.65. The first-order chi connectivity index (χ1) is 20.8. The molecule has 0 radical (unpaired) electrons. The molecule has 0 aliphatic heterocycles. The van der Waals surface area contributed by atoms with Gasteiger partial charge >= 0.3 is 5.97 Å². The van der Waals surface area contributed by atoms with Crippen LogP contribution in [-0.2, 0) is 32.4 Å². The van der Waals surface area contributed by atoms with E-state index < -0.39 is 28.1 Å². The van der Waals surface area contributed by atoms with Crippen LogP contribution in [0.5, 0.6) is 11.5 Å². The molecule has 1 amide bonds. The topological polar surface area (TPSA) is 120 Å². The van der Waals surface area contributed by atoms with Crippen LogP contribution in [0.15, 0.2) is 114 Å². The van der Waals surface area contributed by atoms with Crippen molar-refractivity contribution < 1.29 is 32.2 Å². The zero-order chi connectivity index (χ0) is 30.7. The molecule has 4 aromatic rings. The molecule has 0 spiro atoms. The lowest BCUT2D eigenvalue weighted by Crippen LogP contribution is -2.46. The molecule has 0 aromatic heterocycles. The first-order valence-electron chi connectivity index (χ1n) is 13.6. The van der Waals surface area contributed by atoms with Crippen molar-refractivity contribution in [2.75, 3.05) is 20.8 Å². The number of hydrogen-bond acceptors (Lipinski definition) is 7. The fourth-order valence-electron chi connectivity index (χ4n) is 4.46. The SMILES string of the molecule is COc1ccc(OC)c(S(=O)(=O)N[C@@H](Cc2ccccc2)C(=O)OC[C@@H](Cc2ccccc2)NC(=O)c2ccccc2)c1. The second-order valence-electron chi connectivity index (χ2n) is 9.74. The van der Waals surface area contributed by atoms with Gasteiger partial charge in [0.05, 0.1) is 20.3 Å². The van der Waals surface area contributed by atoms with E-state index in [0.29, 0.717) is 17.7 Å². The molecule has 0 saturated heterocycles. The molecule has 0 fully saturated rings. The first-order valence-corrected chi connectivity index (χ1v) is 15.1. The van der Waals surface area contributed by atoms with Crippen molar-refractivity contribution >= 4 is 21.9 Å². The van der Waals surface area contributed by atoms with Gasteiger partial charge < -0.3 is 19.5 Å². The van der Waals surface area contributed by atoms with Gasteiger partial charge in [-0.25, -0.2) is 8.42 Å². The lowest BCUT2D eigenvalue weighted by Gasteiger charge is -2.22. The van der Waals surface area contributed by atoms with Gasteiger partial charge in [0.15, 0.2) is 0 Å². The van der Waals surface area contributed by atoms with Crippen LogP contribution in [0.3, 0.4) is 0 Å². The van der Waals surface area contributed by atoms with Gasteiger partial charge in [-0.15, -0.1) is 0 Å². The van der Waals surface area contributed by atoms with E-state index in [1.807, 2.05) is 42.5 Å². The quantitative estimate of drug-likeness (QED) is 0.208. The molecule has 4 rings (SSSR count). The maximum absolute atomic E-state index is 13.6. The van der Waals surface area contributed by atoms with Gasteiger partial charge in [-0.05, 0) is 48.2 Å². The van der Waals surface area contributed by atoms with E-state index >= 15 is 0 Å². The highest BCUT2D eigenvalue weighted by Crippen LogP contribution is 2.28. The maximum Gasteiger partial charge on any atom is 0.324 e. The maximum atomic E-state index is 13.6. The van der Waals surface area contributed by atoms with Crippen molar-refractivity contribution in [3.63, 3.8) is 0 Å². The lowest BCUT2D eigenvalue weighted by molar-refractivity contribution is -0.146. The van der Waals surface area contributed by atoms with Crippen LogP contribution in [0.2, 0.25) is 0 Å². The molecule has 9 nitrogen and oxygen atoms in total. The first kappa shape index (κ1) is 31.3. The lowest BCUT2D eigenvalue weighted by atomic mass is 10.1. The Balaban J connectivity index is 1.56. The highest BCUT2D eigenvalue weighted by Gasteiger charge is 2.30. The zero-order valence-corrected chi connectivity index (χ0v) is 24.8. The summed E-state index contributed by atoms with van der Waals surface area (Å²) >= 11 is 0. The molecule has 0 unspecified atom stereocenters. The molecule has 0 heterocycles. The largest absolute Gasteiger partial charge is 0.497 e. The van der Waals surface area contributed by atoms with Crippen LogP contribution in [0, 0.1) is 0 Å². The molecule has 0 saturated carbocycles.